The zero-order chi connectivity index (χ0) is 12.6. The molecule has 1 heterocycles. The molecule has 0 aliphatic rings. The maximum absolute atomic E-state index is 12.2. The fourth-order valence-corrected chi connectivity index (χ4v) is 0.964. The van der Waals surface area contributed by atoms with Gasteiger partial charge >= 0.3 is 12.4 Å². The van der Waals surface area contributed by atoms with Gasteiger partial charge in [-0.1, -0.05) is 0 Å². The van der Waals surface area contributed by atoms with Crippen LogP contribution in [0.25, 0.3) is 0 Å². The molecule has 0 saturated heterocycles. The van der Waals surface area contributed by atoms with Crippen molar-refractivity contribution in [3.63, 3.8) is 0 Å². The Morgan fingerprint density at radius 1 is 1.06 bits per heavy atom. The summed E-state index contributed by atoms with van der Waals surface area (Å²) in [5, 5.41) is 0. The number of aromatic nitrogens is 1. The predicted molar refractivity (Wildman–Crippen MR) is 39.6 cm³/mol. The highest BCUT2D eigenvalue weighted by Gasteiger charge is 2.38. The number of alkyl halides is 6. The normalized spacial score (nSPS) is 12.6. The fraction of sp³-hybridized carbons (Fsp3) is 0.250. The van der Waals surface area contributed by atoms with E-state index in [-0.39, 0.29) is 18.5 Å². The third-order valence-corrected chi connectivity index (χ3v) is 1.64. The van der Waals surface area contributed by atoms with Gasteiger partial charge in [-0.2, -0.15) is 26.3 Å². The predicted octanol–water partition coefficient (Wildman–Crippen LogP) is 2.93. The van der Waals surface area contributed by atoms with Gasteiger partial charge in [-0.15, -0.1) is 0 Å². The van der Waals surface area contributed by atoms with Crippen molar-refractivity contribution in [3.05, 3.63) is 29.1 Å². The average molecular weight is 243 g/mol. The maximum Gasteiger partial charge on any atom is 0.434 e. The standard InChI is InChI=1S/C8H3F6NO/c9-7(10,11)5-1-4(3-16)6(15-2-5)8(12,13)14/h1-3H. The molecule has 8 heteroatoms. The molecule has 1 aromatic heterocycles. The van der Waals surface area contributed by atoms with Gasteiger partial charge in [0.05, 0.1) is 5.56 Å². The molecule has 1 rings (SSSR count). The van der Waals surface area contributed by atoms with Crippen molar-refractivity contribution in [1.82, 2.24) is 4.98 Å². The van der Waals surface area contributed by atoms with Crippen molar-refractivity contribution in [3.8, 4) is 0 Å². The zero-order valence-electron chi connectivity index (χ0n) is 7.36. The highest BCUT2D eigenvalue weighted by molar-refractivity contribution is 5.77. The summed E-state index contributed by atoms with van der Waals surface area (Å²) in [5.74, 6) is 0. The number of rotatable bonds is 1. The molecule has 16 heavy (non-hydrogen) atoms. The minimum absolute atomic E-state index is 0.0375. The Labute approximate surface area is 84.9 Å². The van der Waals surface area contributed by atoms with E-state index in [1.165, 1.54) is 0 Å². The number of pyridine rings is 1. The van der Waals surface area contributed by atoms with Crippen molar-refractivity contribution >= 4 is 6.29 Å². The van der Waals surface area contributed by atoms with Crippen LogP contribution in [0.15, 0.2) is 12.3 Å². The molecule has 0 aliphatic carbocycles. The van der Waals surface area contributed by atoms with Crippen LogP contribution in [-0.2, 0) is 12.4 Å². The molecule has 88 valence electrons. The number of nitrogens with zero attached hydrogens (tertiary/aromatic N) is 1. The molecule has 0 atom stereocenters. The smallest absolute Gasteiger partial charge is 0.298 e. The molecule has 0 amide bonds. The Bertz CT molecular complexity index is 408. The minimum atomic E-state index is -4.96. The van der Waals surface area contributed by atoms with Gasteiger partial charge in [-0.3, -0.25) is 9.78 Å². The van der Waals surface area contributed by atoms with E-state index in [2.05, 4.69) is 4.98 Å². The number of hydrogen-bond acceptors (Lipinski definition) is 2. The first-order chi connectivity index (χ1) is 7.16. The Morgan fingerprint density at radius 3 is 2.00 bits per heavy atom. The zero-order valence-corrected chi connectivity index (χ0v) is 7.36. The number of halogens is 6. The van der Waals surface area contributed by atoms with Gasteiger partial charge in [-0.05, 0) is 6.07 Å². The van der Waals surface area contributed by atoms with Crippen LogP contribution >= 0.6 is 0 Å². The van der Waals surface area contributed by atoms with Gasteiger partial charge in [0.15, 0.2) is 12.0 Å². The molecule has 1 aromatic rings. The highest BCUT2D eigenvalue weighted by atomic mass is 19.4. The summed E-state index contributed by atoms with van der Waals surface area (Å²) in [6, 6.07) is 0.114. The van der Waals surface area contributed by atoms with E-state index in [0.717, 1.165) is 0 Å². The lowest BCUT2D eigenvalue weighted by molar-refractivity contribution is -0.144. The monoisotopic (exact) mass is 243 g/mol. The molecule has 0 fully saturated rings. The van der Waals surface area contributed by atoms with Gasteiger partial charge in [0.1, 0.15) is 0 Å². The first-order valence-electron chi connectivity index (χ1n) is 3.76. The van der Waals surface area contributed by atoms with E-state index in [1.807, 2.05) is 0 Å². The second kappa shape index (κ2) is 3.76. The van der Waals surface area contributed by atoms with Gasteiger partial charge in [-0.25, -0.2) is 0 Å². The Hall–Kier alpha value is -1.60. The molecule has 0 spiro atoms. The Morgan fingerprint density at radius 2 is 1.62 bits per heavy atom. The van der Waals surface area contributed by atoms with Crippen molar-refractivity contribution in [1.29, 1.82) is 0 Å². The summed E-state index contributed by atoms with van der Waals surface area (Å²) in [5.41, 5.74) is -4.17. The van der Waals surface area contributed by atoms with Crippen LogP contribution in [0, 0.1) is 0 Å². The van der Waals surface area contributed by atoms with Crippen LogP contribution in [0.1, 0.15) is 21.6 Å². The van der Waals surface area contributed by atoms with Gasteiger partial charge < -0.3 is 0 Å². The molecular weight excluding hydrogens is 240 g/mol. The summed E-state index contributed by atoms with van der Waals surface area (Å²) in [4.78, 5) is 12.9. The summed E-state index contributed by atoms with van der Waals surface area (Å²) in [6.45, 7) is 0. The van der Waals surface area contributed by atoms with Crippen LogP contribution in [0.4, 0.5) is 26.3 Å². The molecule has 0 aliphatic heterocycles. The van der Waals surface area contributed by atoms with Crippen LogP contribution in [0.3, 0.4) is 0 Å². The highest BCUT2D eigenvalue weighted by Crippen LogP contribution is 2.34. The average Bonchev–Trinajstić information content (AvgIpc) is 2.14. The van der Waals surface area contributed by atoms with E-state index < -0.39 is 29.2 Å². The van der Waals surface area contributed by atoms with E-state index in [9.17, 15) is 31.1 Å². The minimum Gasteiger partial charge on any atom is -0.298 e. The third kappa shape index (κ3) is 2.50. The number of aldehydes is 1. The van der Waals surface area contributed by atoms with E-state index in [0.29, 0.717) is 0 Å². The lowest BCUT2D eigenvalue weighted by Crippen LogP contribution is -2.15. The van der Waals surface area contributed by atoms with Crippen LogP contribution in [-0.4, -0.2) is 11.3 Å². The molecule has 0 bridgehead atoms. The van der Waals surface area contributed by atoms with E-state index in [1.54, 1.807) is 0 Å². The molecule has 0 radical (unpaired) electrons. The topological polar surface area (TPSA) is 30.0 Å². The fourth-order valence-electron chi connectivity index (χ4n) is 0.964. The molecule has 0 saturated carbocycles. The van der Waals surface area contributed by atoms with Crippen molar-refractivity contribution in [2.24, 2.45) is 0 Å². The maximum atomic E-state index is 12.2. The molecule has 0 aromatic carbocycles. The summed E-state index contributed by atoms with van der Waals surface area (Å²) in [6.07, 6.45) is -10.1. The quantitative estimate of drug-likeness (QED) is 0.560. The molecule has 0 N–H and O–H groups in total. The van der Waals surface area contributed by atoms with E-state index >= 15 is 0 Å². The Balaban J connectivity index is 3.34. The van der Waals surface area contributed by atoms with Crippen LogP contribution in [0.2, 0.25) is 0 Å². The molecular formula is C8H3F6NO. The number of carbonyl (C=O) groups is 1. The lowest BCUT2D eigenvalue weighted by atomic mass is 10.1. The Kier molecular flexibility index (Phi) is 2.93. The molecule has 2 nitrogen and oxygen atoms in total. The largest absolute Gasteiger partial charge is 0.434 e. The van der Waals surface area contributed by atoms with Crippen molar-refractivity contribution in [2.75, 3.05) is 0 Å². The molecule has 0 unspecified atom stereocenters. The first-order valence-corrected chi connectivity index (χ1v) is 3.76. The van der Waals surface area contributed by atoms with Gasteiger partial charge in [0, 0.05) is 11.8 Å². The van der Waals surface area contributed by atoms with Crippen molar-refractivity contribution < 1.29 is 31.1 Å². The van der Waals surface area contributed by atoms with Crippen LogP contribution in [0.5, 0.6) is 0 Å². The number of hydrogen-bond donors (Lipinski definition) is 0. The summed E-state index contributed by atoms with van der Waals surface area (Å²) in [7, 11) is 0. The SMILES string of the molecule is O=Cc1cc(C(F)(F)F)cnc1C(F)(F)F. The van der Waals surface area contributed by atoms with Crippen molar-refractivity contribution in [2.45, 2.75) is 12.4 Å². The van der Waals surface area contributed by atoms with Gasteiger partial charge in [0.2, 0.25) is 0 Å². The lowest BCUT2D eigenvalue weighted by Gasteiger charge is -2.11. The third-order valence-electron chi connectivity index (χ3n) is 1.64. The van der Waals surface area contributed by atoms with Gasteiger partial charge in [0.25, 0.3) is 0 Å². The first kappa shape index (κ1) is 12.5. The second-order valence-electron chi connectivity index (χ2n) is 2.78. The van der Waals surface area contributed by atoms with Crippen LogP contribution < -0.4 is 0 Å². The second-order valence-corrected chi connectivity index (χ2v) is 2.78. The number of carbonyl (C=O) groups excluding carboxylic acids is 1. The summed E-state index contributed by atoms with van der Waals surface area (Å²) >= 11 is 0. The van der Waals surface area contributed by atoms with E-state index in [4.69, 9.17) is 0 Å². The summed E-state index contributed by atoms with van der Waals surface area (Å²) < 4.78 is 72.8.